The van der Waals surface area contributed by atoms with E-state index in [2.05, 4.69) is 23.6 Å². The van der Waals surface area contributed by atoms with Gasteiger partial charge in [-0.1, -0.05) is 0 Å². The van der Waals surface area contributed by atoms with E-state index in [-0.39, 0.29) is 0 Å². The molecule has 0 aromatic heterocycles. The molecule has 0 saturated carbocycles. The maximum Gasteiger partial charge on any atom is 0.225 e. The number of fused-ring (bicyclic) bond motifs is 2. The molecule has 0 radical (unpaired) electrons. The van der Waals surface area contributed by atoms with Crippen molar-refractivity contribution in [2.75, 3.05) is 13.1 Å². The van der Waals surface area contributed by atoms with Gasteiger partial charge in [0, 0.05) is 37.1 Å². The number of amides is 1. The molecule has 3 nitrogen and oxygen atoms in total. The smallest absolute Gasteiger partial charge is 0.225 e. The Morgan fingerprint density at radius 1 is 1.00 bits per heavy atom. The average molecular weight is 264 g/mol. The molecule has 3 aliphatic heterocycles. The fraction of sp³-hybridized carbons (Fsp3) is 0.938. The third kappa shape index (κ3) is 2.54. The van der Waals surface area contributed by atoms with E-state index >= 15 is 0 Å². The number of likely N-dealkylation sites (tertiary alicyclic amines) is 1. The van der Waals surface area contributed by atoms with Crippen LogP contribution in [0.2, 0.25) is 0 Å². The lowest BCUT2D eigenvalue weighted by Crippen LogP contribution is -2.50. The first kappa shape index (κ1) is 13.4. The van der Waals surface area contributed by atoms with Crippen molar-refractivity contribution in [1.82, 2.24) is 9.80 Å². The summed E-state index contributed by atoms with van der Waals surface area (Å²) in [6.45, 7) is 6.63. The zero-order valence-corrected chi connectivity index (χ0v) is 12.5. The monoisotopic (exact) mass is 264 g/mol. The molecule has 108 valence electrons. The van der Waals surface area contributed by atoms with E-state index in [1.807, 2.05) is 0 Å². The lowest BCUT2D eigenvalue weighted by Gasteiger charge is -2.42. The van der Waals surface area contributed by atoms with Crippen molar-refractivity contribution in [2.24, 2.45) is 5.92 Å². The van der Waals surface area contributed by atoms with E-state index in [1.54, 1.807) is 0 Å². The van der Waals surface area contributed by atoms with Crippen LogP contribution >= 0.6 is 0 Å². The fourth-order valence-electron chi connectivity index (χ4n) is 4.63. The highest BCUT2D eigenvalue weighted by Crippen LogP contribution is 2.40. The van der Waals surface area contributed by atoms with Crippen molar-refractivity contribution in [2.45, 2.75) is 76.9 Å². The van der Waals surface area contributed by atoms with Crippen LogP contribution in [0.1, 0.15) is 58.8 Å². The summed E-state index contributed by atoms with van der Waals surface area (Å²) in [4.78, 5) is 17.5. The number of piperidine rings is 2. The second kappa shape index (κ2) is 5.43. The summed E-state index contributed by atoms with van der Waals surface area (Å²) in [5.41, 5.74) is 0. The van der Waals surface area contributed by atoms with Crippen LogP contribution in [0.3, 0.4) is 0 Å². The maximum absolute atomic E-state index is 12.7. The molecule has 2 bridgehead atoms. The summed E-state index contributed by atoms with van der Waals surface area (Å²) in [5, 5.41) is 0. The van der Waals surface area contributed by atoms with Crippen LogP contribution in [-0.2, 0) is 4.79 Å². The van der Waals surface area contributed by atoms with Gasteiger partial charge in [0.1, 0.15) is 0 Å². The first-order chi connectivity index (χ1) is 9.16. The summed E-state index contributed by atoms with van der Waals surface area (Å²) < 4.78 is 0. The Morgan fingerprint density at radius 3 is 2.11 bits per heavy atom. The second-order valence-electron chi connectivity index (χ2n) is 6.98. The molecule has 0 aliphatic carbocycles. The van der Waals surface area contributed by atoms with Crippen LogP contribution < -0.4 is 0 Å². The molecule has 3 rings (SSSR count). The third-order valence-corrected chi connectivity index (χ3v) is 5.40. The molecule has 0 spiro atoms. The average Bonchev–Trinajstić information content (AvgIpc) is 2.70. The molecule has 1 unspecified atom stereocenters. The number of carbonyl (C=O) groups excluding carboxylic acids is 1. The van der Waals surface area contributed by atoms with E-state index in [0.717, 1.165) is 25.9 Å². The minimum absolute atomic E-state index is 0.325. The molecule has 3 aliphatic rings. The second-order valence-corrected chi connectivity index (χ2v) is 6.98. The SMILES string of the molecule is CC(C)N1[C@@H]2CC[C@H]1CC(C(=O)N1CCCCC1)C2. The van der Waals surface area contributed by atoms with Gasteiger partial charge in [-0.25, -0.2) is 0 Å². The molecule has 3 heteroatoms. The van der Waals surface area contributed by atoms with Crippen molar-refractivity contribution in [3.63, 3.8) is 0 Å². The maximum atomic E-state index is 12.7. The van der Waals surface area contributed by atoms with Gasteiger partial charge >= 0.3 is 0 Å². The number of hydrogen-bond donors (Lipinski definition) is 0. The van der Waals surface area contributed by atoms with Crippen molar-refractivity contribution >= 4 is 5.91 Å². The van der Waals surface area contributed by atoms with Gasteiger partial charge in [0.05, 0.1) is 0 Å². The zero-order valence-electron chi connectivity index (χ0n) is 12.5. The summed E-state index contributed by atoms with van der Waals surface area (Å²) in [6, 6.07) is 2.00. The predicted octanol–water partition coefficient (Wildman–Crippen LogP) is 2.65. The van der Waals surface area contributed by atoms with E-state index in [1.165, 1.54) is 32.1 Å². The molecular weight excluding hydrogens is 236 g/mol. The Bertz CT molecular complexity index is 322. The highest BCUT2D eigenvalue weighted by Gasteiger charge is 2.44. The number of carbonyl (C=O) groups is 1. The van der Waals surface area contributed by atoms with Gasteiger partial charge in [-0.2, -0.15) is 0 Å². The van der Waals surface area contributed by atoms with Gasteiger partial charge in [-0.3, -0.25) is 9.69 Å². The Morgan fingerprint density at radius 2 is 1.58 bits per heavy atom. The number of rotatable bonds is 2. The van der Waals surface area contributed by atoms with Crippen LogP contribution in [0.5, 0.6) is 0 Å². The third-order valence-electron chi connectivity index (χ3n) is 5.40. The summed E-state index contributed by atoms with van der Waals surface area (Å²) in [7, 11) is 0. The molecule has 0 aromatic rings. The fourth-order valence-corrected chi connectivity index (χ4v) is 4.63. The van der Waals surface area contributed by atoms with Crippen LogP contribution in [0.15, 0.2) is 0 Å². The molecule has 0 aromatic carbocycles. The van der Waals surface area contributed by atoms with E-state index in [4.69, 9.17) is 0 Å². The topological polar surface area (TPSA) is 23.6 Å². The Balaban J connectivity index is 1.64. The molecule has 0 N–H and O–H groups in total. The van der Waals surface area contributed by atoms with Crippen LogP contribution in [0.25, 0.3) is 0 Å². The van der Waals surface area contributed by atoms with Gasteiger partial charge < -0.3 is 4.90 Å². The van der Waals surface area contributed by atoms with E-state index < -0.39 is 0 Å². The highest BCUT2D eigenvalue weighted by atomic mass is 16.2. The largest absolute Gasteiger partial charge is 0.342 e. The molecule has 3 fully saturated rings. The molecule has 19 heavy (non-hydrogen) atoms. The summed E-state index contributed by atoms with van der Waals surface area (Å²) in [5.74, 6) is 0.797. The molecule has 3 heterocycles. The molecule has 3 atom stereocenters. The van der Waals surface area contributed by atoms with Gasteiger partial charge in [0.2, 0.25) is 5.91 Å². The van der Waals surface area contributed by atoms with E-state index in [9.17, 15) is 4.79 Å². The number of hydrogen-bond acceptors (Lipinski definition) is 2. The van der Waals surface area contributed by atoms with Gasteiger partial charge in [0.15, 0.2) is 0 Å². The quantitative estimate of drug-likeness (QED) is 0.765. The van der Waals surface area contributed by atoms with Gasteiger partial charge in [0.25, 0.3) is 0 Å². The van der Waals surface area contributed by atoms with Crippen LogP contribution in [0, 0.1) is 5.92 Å². The van der Waals surface area contributed by atoms with Crippen molar-refractivity contribution < 1.29 is 4.79 Å². The van der Waals surface area contributed by atoms with Crippen molar-refractivity contribution in [3.8, 4) is 0 Å². The predicted molar refractivity (Wildman–Crippen MR) is 76.9 cm³/mol. The minimum atomic E-state index is 0.325. The Kier molecular flexibility index (Phi) is 3.84. The molecular formula is C16H28N2O. The summed E-state index contributed by atoms with van der Waals surface area (Å²) in [6.07, 6.45) is 8.58. The van der Waals surface area contributed by atoms with Crippen LogP contribution in [-0.4, -0.2) is 46.9 Å². The first-order valence-corrected chi connectivity index (χ1v) is 8.23. The van der Waals surface area contributed by atoms with Crippen molar-refractivity contribution in [3.05, 3.63) is 0 Å². The molecule has 1 amide bonds. The highest BCUT2D eigenvalue weighted by molar-refractivity contribution is 5.79. The first-order valence-electron chi connectivity index (χ1n) is 8.23. The Hall–Kier alpha value is -0.570. The Labute approximate surface area is 117 Å². The number of nitrogens with zero attached hydrogens (tertiary/aromatic N) is 2. The summed E-state index contributed by atoms with van der Waals surface area (Å²) >= 11 is 0. The lowest BCUT2D eigenvalue weighted by atomic mass is 9.88. The normalized spacial score (nSPS) is 35.9. The van der Waals surface area contributed by atoms with Crippen LogP contribution in [0.4, 0.5) is 0 Å². The molecule has 3 saturated heterocycles. The lowest BCUT2D eigenvalue weighted by molar-refractivity contribution is -0.139. The minimum Gasteiger partial charge on any atom is -0.342 e. The zero-order chi connectivity index (χ0) is 13.4. The van der Waals surface area contributed by atoms with Gasteiger partial charge in [-0.05, 0) is 58.8 Å². The van der Waals surface area contributed by atoms with Gasteiger partial charge in [-0.15, -0.1) is 0 Å². The van der Waals surface area contributed by atoms with Crippen molar-refractivity contribution in [1.29, 1.82) is 0 Å². The van der Waals surface area contributed by atoms with E-state index in [0.29, 0.717) is 30.0 Å². The standard InChI is InChI=1S/C16H28N2O/c1-12(2)18-14-6-7-15(18)11-13(10-14)16(19)17-8-4-3-5-9-17/h12-15H,3-11H2,1-2H3/t13?,14-,15+.